The summed E-state index contributed by atoms with van der Waals surface area (Å²) in [4.78, 5) is 14.8. The number of fused-ring (bicyclic) bond motifs is 1. The second kappa shape index (κ2) is 5.22. The third-order valence-corrected chi connectivity index (χ3v) is 3.46. The fourth-order valence-corrected chi connectivity index (χ4v) is 2.56. The smallest absolute Gasteiger partial charge is 0.151 e. The molecule has 3 heteroatoms. The number of benzene rings is 1. The Balaban J connectivity index is 1.86. The SMILES string of the molecule is O=Cc1cncc(OC2CCCc3ccccc32)c1. The van der Waals surface area contributed by atoms with E-state index in [2.05, 4.69) is 23.2 Å². The minimum absolute atomic E-state index is 0.0636. The van der Waals surface area contributed by atoms with Crippen LogP contribution in [0.25, 0.3) is 0 Å². The number of rotatable bonds is 3. The zero-order chi connectivity index (χ0) is 13.1. The Bertz CT molecular complexity index is 595. The van der Waals surface area contributed by atoms with Crippen LogP contribution in [0, 0.1) is 0 Å². The first-order valence-electron chi connectivity index (χ1n) is 6.51. The van der Waals surface area contributed by atoms with E-state index in [0.717, 1.165) is 25.5 Å². The highest BCUT2D eigenvalue weighted by molar-refractivity contribution is 5.74. The molecule has 0 saturated carbocycles. The average Bonchev–Trinajstić information content (AvgIpc) is 2.48. The highest BCUT2D eigenvalue weighted by atomic mass is 16.5. The summed E-state index contributed by atoms with van der Waals surface area (Å²) in [6.07, 6.45) is 7.29. The molecular weight excluding hydrogens is 238 g/mol. The number of carbonyl (C=O) groups excluding carboxylic acids is 1. The maximum Gasteiger partial charge on any atom is 0.151 e. The Morgan fingerprint density at radius 2 is 2.16 bits per heavy atom. The number of ether oxygens (including phenoxy) is 1. The minimum atomic E-state index is 0.0636. The van der Waals surface area contributed by atoms with Crippen LogP contribution in [0.4, 0.5) is 0 Å². The molecule has 0 aliphatic heterocycles. The Labute approximate surface area is 112 Å². The molecule has 19 heavy (non-hydrogen) atoms. The predicted octanol–water partition coefficient (Wildman–Crippen LogP) is 3.35. The first kappa shape index (κ1) is 11.9. The predicted molar refractivity (Wildman–Crippen MR) is 72.4 cm³/mol. The number of hydrogen-bond donors (Lipinski definition) is 0. The largest absolute Gasteiger partial charge is 0.484 e. The summed E-state index contributed by atoms with van der Waals surface area (Å²) in [5.74, 6) is 0.659. The van der Waals surface area contributed by atoms with E-state index in [0.29, 0.717) is 11.3 Å². The zero-order valence-electron chi connectivity index (χ0n) is 10.6. The van der Waals surface area contributed by atoms with Gasteiger partial charge in [-0.1, -0.05) is 24.3 Å². The molecular formula is C16H15NO2. The number of aromatic nitrogens is 1. The first-order chi connectivity index (χ1) is 9.36. The van der Waals surface area contributed by atoms with E-state index in [4.69, 9.17) is 4.74 Å². The van der Waals surface area contributed by atoms with Gasteiger partial charge in [0.05, 0.1) is 6.20 Å². The molecule has 1 aromatic heterocycles. The van der Waals surface area contributed by atoms with E-state index in [-0.39, 0.29) is 6.10 Å². The molecule has 1 heterocycles. The van der Waals surface area contributed by atoms with Gasteiger partial charge in [0.15, 0.2) is 6.29 Å². The van der Waals surface area contributed by atoms with Gasteiger partial charge < -0.3 is 4.74 Å². The van der Waals surface area contributed by atoms with Gasteiger partial charge in [-0.25, -0.2) is 0 Å². The van der Waals surface area contributed by atoms with Crippen LogP contribution in [-0.4, -0.2) is 11.3 Å². The van der Waals surface area contributed by atoms with Gasteiger partial charge in [-0.3, -0.25) is 9.78 Å². The Morgan fingerprint density at radius 1 is 1.26 bits per heavy atom. The van der Waals surface area contributed by atoms with Crippen LogP contribution in [0.5, 0.6) is 5.75 Å². The second-order valence-electron chi connectivity index (χ2n) is 4.77. The van der Waals surface area contributed by atoms with Crippen molar-refractivity contribution in [3.05, 3.63) is 59.4 Å². The Morgan fingerprint density at radius 3 is 3.05 bits per heavy atom. The van der Waals surface area contributed by atoms with Gasteiger partial charge in [0.2, 0.25) is 0 Å². The number of aldehydes is 1. The Hall–Kier alpha value is -2.16. The van der Waals surface area contributed by atoms with Crippen LogP contribution < -0.4 is 4.74 Å². The van der Waals surface area contributed by atoms with Gasteiger partial charge >= 0.3 is 0 Å². The maximum absolute atomic E-state index is 10.8. The van der Waals surface area contributed by atoms with Crippen LogP contribution in [0.15, 0.2) is 42.7 Å². The molecule has 0 fully saturated rings. The number of pyridine rings is 1. The van der Waals surface area contributed by atoms with Crippen molar-refractivity contribution >= 4 is 6.29 Å². The molecule has 1 aromatic carbocycles. The summed E-state index contributed by atoms with van der Waals surface area (Å²) < 4.78 is 6.00. The van der Waals surface area contributed by atoms with E-state index >= 15 is 0 Å². The lowest BCUT2D eigenvalue weighted by Gasteiger charge is -2.26. The Kier molecular flexibility index (Phi) is 3.27. The standard InChI is InChI=1S/C16H15NO2/c18-11-12-8-14(10-17-9-12)19-16-7-3-5-13-4-1-2-6-15(13)16/h1-2,4,6,8-11,16H,3,5,7H2. The number of aryl methyl sites for hydroxylation is 1. The molecule has 3 rings (SSSR count). The monoisotopic (exact) mass is 253 g/mol. The molecule has 1 aliphatic carbocycles. The van der Waals surface area contributed by atoms with Gasteiger partial charge in [0.1, 0.15) is 11.9 Å². The average molecular weight is 253 g/mol. The number of nitrogens with zero attached hydrogens (tertiary/aromatic N) is 1. The van der Waals surface area contributed by atoms with Crippen molar-refractivity contribution in [1.29, 1.82) is 0 Å². The quantitative estimate of drug-likeness (QED) is 0.787. The van der Waals surface area contributed by atoms with E-state index in [1.165, 1.54) is 17.3 Å². The van der Waals surface area contributed by atoms with Crippen LogP contribution in [-0.2, 0) is 6.42 Å². The molecule has 1 unspecified atom stereocenters. The molecule has 3 nitrogen and oxygen atoms in total. The molecule has 1 atom stereocenters. The van der Waals surface area contributed by atoms with Crippen molar-refractivity contribution in [2.24, 2.45) is 0 Å². The van der Waals surface area contributed by atoms with Gasteiger partial charge in [0, 0.05) is 11.8 Å². The molecule has 0 amide bonds. The van der Waals surface area contributed by atoms with Gasteiger partial charge in [0.25, 0.3) is 0 Å². The normalized spacial score (nSPS) is 17.6. The highest BCUT2D eigenvalue weighted by Crippen LogP contribution is 2.33. The third kappa shape index (κ3) is 2.50. The fourth-order valence-electron chi connectivity index (χ4n) is 2.56. The lowest BCUT2D eigenvalue weighted by molar-refractivity contribution is 0.112. The topological polar surface area (TPSA) is 39.2 Å². The van der Waals surface area contributed by atoms with Crippen LogP contribution in [0.3, 0.4) is 0 Å². The van der Waals surface area contributed by atoms with Crippen molar-refractivity contribution in [3.8, 4) is 5.75 Å². The fraction of sp³-hybridized carbons (Fsp3) is 0.250. The molecule has 0 bridgehead atoms. The summed E-state index contributed by atoms with van der Waals surface area (Å²) in [5.41, 5.74) is 3.16. The molecule has 0 N–H and O–H groups in total. The number of carbonyl (C=O) groups is 1. The van der Waals surface area contributed by atoms with Crippen molar-refractivity contribution in [3.63, 3.8) is 0 Å². The van der Waals surface area contributed by atoms with E-state index in [1.54, 1.807) is 12.3 Å². The lowest BCUT2D eigenvalue weighted by Crippen LogP contribution is -2.15. The minimum Gasteiger partial charge on any atom is -0.484 e. The van der Waals surface area contributed by atoms with Crippen molar-refractivity contribution < 1.29 is 9.53 Å². The van der Waals surface area contributed by atoms with Gasteiger partial charge in [-0.15, -0.1) is 0 Å². The summed E-state index contributed by atoms with van der Waals surface area (Å²) in [6, 6.07) is 10.1. The van der Waals surface area contributed by atoms with E-state index in [1.807, 2.05) is 6.07 Å². The second-order valence-corrected chi connectivity index (χ2v) is 4.77. The molecule has 2 aromatic rings. The van der Waals surface area contributed by atoms with Gasteiger partial charge in [-0.2, -0.15) is 0 Å². The van der Waals surface area contributed by atoms with Gasteiger partial charge in [-0.05, 0) is 36.5 Å². The number of hydrogen-bond acceptors (Lipinski definition) is 3. The summed E-state index contributed by atoms with van der Waals surface area (Å²) in [7, 11) is 0. The lowest BCUT2D eigenvalue weighted by atomic mass is 9.89. The van der Waals surface area contributed by atoms with Crippen LogP contribution in [0.1, 0.15) is 40.4 Å². The molecule has 0 radical (unpaired) electrons. The maximum atomic E-state index is 10.8. The molecule has 1 aliphatic rings. The van der Waals surface area contributed by atoms with Crippen molar-refractivity contribution in [1.82, 2.24) is 4.98 Å². The summed E-state index contributed by atoms with van der Waals surface area (Å²) >= 11 is 0. The zero-order valence-corrected chi connectivity index (χ0v) is 10.6. The van der Waals surface area contributed by atoms with E-state index < -0.39 is 0 Å². The van der Waals surface area contributed by atoms with Crippen molar-refractivity contribution in [2.45, 2.75) is 25.4 Å². The summed E-state index contributed by atoms with van der Waals surface area (Å²) in [6.45, 7) is 0. The summed E-state index contributed by atoms with van der Waals surface area (Å²) in [5, 5.41) is 0. The van der Waals surface area contributed by atoms with Crippen molar-refractivity contribution in [2.75, 3.05) is 0 Å². The van der Waals surface area contributed by atoms with E-state index in [9.17, 15) is 4.79 Å². The third-order valence-electron chi connectivity index (χ3n) is 3.46. The highest BCUT2D eigenvalue weighted by Gasteiger charge is 2.21. The van der Waals surface area contributed by atoms with Crippen LogP contribution >= 0.6 is 0 Å². The first-order valence-corrected chi connectivity index (χ1v) is 6.51. The molecule has 0 saturated heterocycles. The molecule has 96 valence electrons. The molecule has 0 spiro atoms. The van der Waals surface area contributed by atoms with Crippen LogP contribution in [0.2, 0.25) is 0 Å².